The van der Waals surface area contributed by atoms with Crippen LogP contribution in [0, 0.1) is 12.8 Å². The number of hydrogen-bond donors (Lipinski definition) is 1. The van der Waals surface area contributed by atoms with Crippen molar-refractivity contribution in [1.29, 1.82) is 0 Å². The highest BCUT2D eigenvalue weighted by molar-refractivity contribution is 5.97. The van der Waals surface area contributed by atoms with Crippen molar-refractivity contribution in [2.24, 2.45) is 5.92 Å². The Morgan fingerprint density at radius 1 is 1.45 bits per heavy atom. The van der Waals surface area contributed by atoms with Gasteiger partial charge in [-0.1, -0.05) is 20.8 Å². The second kappa shape index (κ2) is 8.13. The molecule has 124 valence electrons. The number of pyridine rings is 1. The smallest absolute Gasteiger partial charge is 0.256 e. The summed E-state index contributed by atoms with van der Waals surface area (Å²) >= 11 is 0. The zero-order chi connectivity index (χ0) is 16.8. The molecule has 1 rings (SSSR count). The lowest BCUT2D eigenvalue weighted by molar-refractivity contribution is -0.141. The number of methoxy groups -OCH3 is 1. The van der Waals surface area contributed by atoms with Crippen molar-refractivity contribution in [3.05, 3.63) is 17.8 Å². The van der Waals surface area contributed by atoms with Crippen LogP contribution < -0.4 is 10.1 Å². The van der Waals surface area contributed by atoms with Crippen LogP contribution in [0.25, 0.3) is 0 Å². The Morgan fingerprint density at radius 3 is 2.64 bits per heavy atom. The summed E-state index contributed by atoms with van der Waals surface area (Å²) < 4.78 is 11.0. The molecule has 0 aromatic carbocycles. The van der Waals surface area contributed by atoms with E-state index in [1.807, 2.05) is 26.8 Å². The molecule has 0 spiro atoms. The van der Waals surface area contributed by atoms with Gasteiger partial charge >= 0.3 is 0 Å². The third-order valence-electron chi connectivity index (χ3n) is 3.38. The van der Waals surface area contributed by atoms with Crippen molar-refractivity contribution < 1.29 is 14.3 Å². The molecule has 0 fully saturated rings. The Kier molecular flexibility index (Phi) is 6.81. The number of aryl methyl sites for hydroxylation is 1. The molecule has 0 aliphatic heterocycles. The number of amides is 1. The number of hydrogen-bond acceptors (Lipinski definition) is 4. The maximum absolute atomic E-state index is 12.6. The number of rotatable bonds is 8. The van der Waals surface area contributed by atoms with Crippen molar-refractivity contribution >= 4 is 11.6 Å². The molecule has 0 saturated carbocycles. The number of anilines is 1. The first-order valence-electron chi connectivity index (χ1n) is 7.78. The van der Waals surface area contributed by atoms with E-state index in [1.165, 1.54) is 0 Å². The van der Waals surface area contributed by atoms with E-state index in [2.05, 4.69) is 24.1 Å². The van der Waals surface area contributed by atoms with Crippen LogP contribution in [0.2, 0.25) is 0 Å². The number of nitrogens with one attached hydrogen (secondary N) is 1. The summed E-state index contributed by atoms with van der Waals surface area (Å²) in [6.07, 6.45) is 3.14. The van der Waals surface area contributed by atoms with E-state index in [4.69, 9.17) is 9.47 Å². The second-order valence-electron chi connectivity index (χ2n) is 6.18. The molecule has 1 heterocycles. The van der Waals surface area contributed by atoms with Gasteiger partial charge in [0.25, 0.3) is 5.91 Å². The van der Waals surface area contributed by atoms with Crippen molar-refractivity contribution in [2.75, 3.05) is 19.0 Å². The lowest BCUT2D eigenvalue weighted by Crippen LogP contribution is -2.44. The first kappa shape index (κ1) is 18.4. The Labute approximate surface area is 133 Å². The van der Waals surface area contributed by atoms with Gasteiger partial charge in [0.05, 0.1) is 19.0 Å². The first-order valence-corrected chi connectivity index (χ1v) is 7.78. The minimum Gasteiger partial charge on any atom is -0.481 e. The highest BCUT2D eigenvalue weighted by Crippen LogP contribution is 2.25. The molecule has 22 heavy (non-hydrogen) atoms. The first-order chi connectivity index (χ1) is 10.3. The van der Waals surface area contributed by atoms with Crippen LogP contribution in [0.4, 0.5) is 5.69 Å². The number of aromatic nitrogens is 1. The third kappa shape index (κ3) is 4.98. The number of ether oxygens (including phenoxy) is 2. The molecule has 0 aliphatic carbocycles. The fraction of sp³-hybridized carbons (Fsp3) is 0.647. The molecule has 0 aliphatic rings. The average Bonchev–Trinajstić information content (AvgIpc) is 2.44. The van der Waals surface area contributed by atoms with Gasteiger partial charge in [-0.15, -0.1) is 0 Å². The summed E-state index contributed by atoms with van der Waals surface area (Å²) in [5.74, 6) is 0.787. The van der Waals surface area contributed by atoms with Crippen LogP contribution in [0.1, 0.15) is 46.1 Å². The Balaban J connectivity index is 2.88. The zero-order valence-electron chi connectivity index (χ0n) is 14.5. The zero-order valence-corrected chi connectivity index (χ0v) is 14.5. The minimum absolute atomic E-state index is 0.138. The van der Waals surface area contributed by atoms with Gasteiger partial charge in [-0.25, -0.2) is 4.98 Å². The fourth-order valence-corrected chi connectivity index (χ4v) is 2.43. The van der Waals surface area contributed by atoms with Crippen LogP contribution >= 0.6 is 0 Å². The van der Waals surface area contributed by atoms with Crippen molar-refractivity contribution in [3.8, 4) is 5.88 Å². The van der Waals surface area contributed by atoms with Gasteiger partial charge in [0, 0.05) is 12.2 Å². The van der Waals surface area contributed by atoms with Crippen molar-refractivity contribution in [3.63, 3.8) is 0 Å². The molecule has 0 radical (unpaired) electrons. The third-order valence-corrected chi connectivity index (χ3v) is 3.38. The van der Waals surface area contributed by atoms with E-state index >= 15 is 0 Å². The molecule has 1 atom stereocenters. The van der Waals surface area contributed by atoms with E-state index in [1.54, 1.807) is 13.3 Å². The van der Waals surface area contributed by atoms with Gasteiger partial charge in [0.1, 0.15) is 5.60 Å². The fourth-order valence-electron chi connectivity index (χ4n) is 2.43. The van der Waals surface area contributed by atoms with E-state index in [-0.39, 0.29) is 5.91 Å². The quantitative estimate of drug-likeness (QED) is 0.797. The number of carbonyl (C=O) groups is 1. The Bertz CT molecular complexity index is 503. The average molecular weight is 308 g/mol. The van der Waals surface area contributed by atoms with Gasteiger partial charge in [-0.3, -0.25) is 4.79 Å². The summed E-state index contributed by atoms with van der Waals surface area (Å²) in [6.45, 7) is 10.5. The highest BCUT2D eigenvalue weighted by Gasteiger charge is 2.35. The summed E-state index contributed by atoms with van der Waals surface area (Å²) in [5, 5.41) is 2.91. The standard InChI is InChI=1S/C17H28N2O3/c1-7-8-22-17(5,10-12(2)3)16(20)19-14-9-13(4)15(21-6)18-11-14/h9,11-12H,7-8,10H2,1-6H3,(H,19,20)/t17-/m0/s1. The number of nitrogens with zero attached hydrogens (tertiary/aromatic N) is 1. The normalized spacial score (nSPS) is 13.8. The lowest BCUT2D eigenvalue weighted by Gasteiger charge is -2.30. The molecule has 0 unspecified atom stereocenters. The van der Waals surface area contributed by atoms with E-state index in [0.29, 0.717) is 30.5 Å². The lowest BCUT2D eigenvalue weighted by atomic mass is 9.93. The Morgan fingerprint density at radius 2 is 2.14 bits per heavy atom. The van der Waals surface area contributed by atoms with Gasteiger partial charge in [-0.05, 0) is 38.7 Å². The largest absolute Gasteiger partial charge is 0.481 e. The second-order valence-corrected chi connectivity index (χ2v) is 6.18. The summed E-state index contributed by atoms with van der Waals surface area (Å²) in [5.41, 5.74) is 0.691. The van der Waals surface area contributed by atoms with Crippen LogP contribution in [0.15, 0.2) is 12.3 Å². The van der Waals surface area contributed by atoms with Gasteiger partial charge < -0.3 is 14.8 Å². The van der Waals surface area contributed by atoms with Crippen LogP contribution in [-0.4, -0.2) is 30.2 Å². The molecule has 1 N–H and O–H groups in total. The maximum atomic E-state index is 12.6. The molecule has 1 aromatic rings. The van der Waals surface area contributed by atoms with E-state index < -0.39 is 5.60 Å². The molecule has 5 heteroatoms. The minimum atomic E-state index is -0.835. The highest BCUT2D eigenvalue weighted by atomic mass is 16.5. The van der Waals surface area contributed by atoms with Crippen LogP contribution in [-0.2, 0) is 9.53 Å². The van der Waals surface area contributed by atoms with Gasteiger partial charge in [0.15, 0.2) is 0 Å². The summed E-state index contributed by atoms with van der Waals surface area (Å²) in [6, 6.07) is 1.85. The van der Waals surface area contributed by atoms with Crippen molar-refractivity contribution in [1.82, 2.24) is 4.98 Å². The van der Waals surface area contributed by atoms with Gasteiger partial charge in [0.2, 0.25) is 5.88 Å². The maximum Gasteiger partial charge on any atom is 0.256 e. The summed E-state index contributed by atoms with van der Waals surface area (Å²) in [7, 11) is 1.58. The molecule has 0 saturated heterocycles. The molecule has 5 nitrogen and oxygen atoms in total. The predicted molar refractivity (Wildman–Crippen MR) is 88.3 cm³/mol. The molecule has 1 aromatic heterocycles. The molecular formula is C17H28N2O3. The molecule has 1 amide bonds. The van der Waals surface area contributed by atoms with E-state index in [9.17, 15) is 4.79 Å². The number of carbonyl (C=O) groups excluding carboxylic acids is 1. The van der Waals surface area contributed by atoms with Crippen LogP contribution in [0.5, 0.6) is 5.88 Å². The molecular weight excluding hydrogens is 280 g/mol. The van der Waals surface area contributed by atoms with E-state index in [0.717, 1.165) is 12.0 Å². The van der Waals surface area contributed by atoms with Crippen LogP contribution in [0.3, 0.4) is 0 Å². The molecule has 0 bridgehead atoms. The summed E-state index contributed by atoms with van der Waals surface area (Å²) in [4.78, 5) is 16.8. The van der Waals surface area contributed by atoms with Crippen molar-refractivity contribution in [2.45, 2.75) is 53.1 Å². The monoisotopic (exact) mass is 308 g/mol. The topological polar surface area (TPSA) is 60.5 Å². The predicted octanol–water partition coefficient (Wildman–Crippen LogP) is 3.57. The SMILES string of the molecule is CCCO[C@@](C)(CC(C)C)C(=O)Nc1cnc(OC)c(C)c1. The Hall–Kier alpha value is -1.62. The van der Waals surface area contributed by atoms with Gasteiger partial charge in [-0.2, -0.15) is 0 Å².